The van der Waals surface area contributed by atoms with Crippen molar-refractivity contribution in [2.24, 2.45) is 5.73 Å². The van der Waals surface area contributed by atoms with E-state index in [1.807, 2.05) is 6.07 Å². The van der Waals surface area contributed by atoms with Crippen LogP contribution in [0, 0.1) is 6.92 Å². The summed E-state index contributed by atoms with van der Waals surface area (Å²) in [7, 11) is 0. The minimum absolute atomic E-state index is 0.600. The molecule has 0 amide bonds. The number of benzene rings is 1. The molecule has 0 aliphatic rings. The summed E-state index contributed by atoms with van der Waals surface area (Å²) in [6.07, 6.45) is 6.38. The molecular formula is C15H25NO. The molecule has 2 heteroatoms. The van der Waals surface area contributed by atoms with E-state index in [0.717, 1.165) is 18.8 Å². The van der Waals surface area contributed by atoms with Crippen molar-refractivity contribution in [1.29, 1.82) is 0 Å². The number of hydrogen-bond donors (Lipinski definition) is 1. The van der Waals surface area contributed by atoms with Crippen LogP contribution < -0.4 is 10.5 Å². The van der Waals surface area contributed by atoms with Gasteiger partial charge in [-0.2, -0.15) is 0 Å². The molecule has 0 unspecified atom stereocenters. The van der Waals surface area contributed by atoms with Gasteiger partial charge in [0, 0.05) is 6.54 Å². The van der Waals surface area contributed by atoms with Gasteiger partial charge in [0.15, 0.2) is 0 Å². The monoisotopic (exact) mass is 235 g/mol. The normalized spacial score (nSPS) is 10.5. The van der Waals surface area contributed by atoms with Crippen molar-refractivity contribution in [2.75, 3.05) is 6.61 Å². The first-order valence-corrected chi connectivity index (χ1v) is 6.70. The predicted octanol–water partition coefficient (Wildman–Crippen LogP) is 3.80. The van der Waals surface area contributed by atoms with E-state index in [1.165, 1.54) is 36.8 Å². The lowest BCUT2D eigenvalue weighted by Crippen LogP contribution is -2.01. The lowest BCUT2D eigenvalue weighted by Gasteiger charge is -2.09. The second-order valence-electron chi connectivity index (χ2n) is 4.56. The van der Waals surface area contributed by atoms with Crippen molar-refractivity contribution in [3.05, 3.63) is 29.3 Å². The maximum Gasteiger partial charge on any atom is 0.119 e. The van der Waals surface area contributed by atoms with Gasteiger partial charge in [-0.3, -0.25) is 0 Å². The number of unbranched alkanes of at least 4 members (excludes halogenated alkanes) is 4. The number of aryl methyl sites for hydroxylation is 1. The topological polar surface area (TPSA) is 35.2 Å². The van der Waals surface area contributed by atoms with Gasteiger partial charge in [-0.05, 0) is 36.6 Å². The summed E-state index contributed by atoms with van der Waals surface area (Å²) < 4.78 is 5.73. The molecule has 96 valence electrons. The zero-order chi connectivity index (χ0) is 12.5. The smallest absolute Gasteiger partial charge is 0.119 e. The Morgan fingerprint density at radius 2 is 1.88 bits per heavy atom. The van der Waals surface area contributed by atoms with Crippen molar-refractivity contribution in [3.8, 4) is 5.75 Å². The van der Waals surface area contributed by atoms with Gasteiger partial charge in [0.2, 0.25) is 0 Å². The fourth-order valence-electron chi connectivity index (χ4n) is 1.88. The summed E-state index contributed by atoms with van der Waals surface area (Å²) in [5, 5.41) is 0. The van der Waals surface area contributed by atoms with E-state index < -0.39 is 0 Å². The lowest BCUT2D eigenvalue weighted by atomic mass is 10.1. The largest absolute Gasteiger partial charge is 0.494 e. The van der Waals surface area contributed by atoms with Gasteiger partial charge in [-0.25, -0.2) is 0 Å². The quantitative estimate of drug-likeness (QED) is 0.695. The second kappa shape index (κ2) is 8.13. The van der Waals surface area contributed by atoms with Crippen LogP contribution in [0.1, 0.15) is 50.2 Å². The van der Waals surface area contributed by atoms with E-state index in [2.05, 4.69) is 26.0 Å². The summed E-state index contributed by atoms with van der Waals surface area (Å²) in [5.74, 6) is 0.968. The molecule has 0 atom stereocenters. The minimum Gasteiger partial charge on any atom is -0.494 e. The number of rotatable bonds is 8. The van der Waals surface area contributed by atoms with Gasteiger partial charge in [0.05, 0.1) is 6.61 Å². The van der Waals surface area contributed by atoms with Crippen LogP contribution in [0.5, 0.6) is 5.75 Å². The van der Waals surface area contributed by atoms with Gasteiger partial charge in [0.25, 0.3) is 0 Å². The second-order valence-corrected chi connectivity index (χ2v) is 4.56. The van der Waals surface area contributed by atoms with Gasteiger partial charge < -0.3 is 10.5 Å². The molecule has 0 aliphatic heterocycles. The lowest BCUT2D eigenvalue weighted by molar-refractivity contribution is 0.304. The van der Waals surface area contributed by atoms with Crippen LogP contribution in [-0.2, 0) is 6.54 Å². The minimum atomic E-state index is 0.600. The highest BCUT2D eigenvalue weighted by atomic mass is 16.5. The number of nitrogens with two attached hydrogens (primary N) is 1. The molecule has 2 nitrogen and oxygen atoms in total. The van der Waals surface area contributed by atoms with Crippen LogP contribution in [0.4, 0.5) is 0 Å². The van der Waals surface area contributed by atoms with Gasteiger partial charge >= 0.3 is 0 Å². The van der Waals surface area contributed by atoms with Crippen molar-refractivity contribution in [1.82, 2.24) is 0 Å². The Kier molecular flexibility index (Phi) is 6.71. The standard InChI is InChI=1S/C15H25NO/c1-3-4-5-6-7-10-17-15-9-8-14(12-16)13(2)11-15/h8-9,11H,3-7,10,12,16H2,1-2H3. The van der Waals surface area contributed by atoms with E-state index in [1.54, 1.807) is 0 Å². The molecule has 0 heterocycles. The Balaban J connectivity index is 2.25. The maximum absolute atomic E-state index is 5.73. The Hall–Kier alpha value is -1.02. The van der Waals surface area contributed by atoms with E-state index in [-0.39, 0.29) is 0 Å². The van der Waals surface area contributed by atoms with Gasteiger partial charge in [-0.15, -0.1) is 0 Å². The Morgan fingerprint density at radius 1 is 1.12 bits per heavy atom. The van der Waals surface area contributed by atoms with Crippen LogP contribution >= 0.6 is 0 Å². The fourth-order valence-corrected chi connectivity index (χ4v) is 1.88. The van der Waals surface area contributed by atoms with Crippen molar-refractivity contribution in [2.45, 2.75) is 52.5 Å². The van der Waals surface area contributed by atoms with Gasteiger partial charge in [-0.1, -0.05) is 38.7 Å². The average Bonchev–Trinajstić information content (AvgIpc) is 2.34. The van der Waals surface area contributed by atoms with Crippen molar-refractivity contribution >= 4 is 0 Å². The molecule has 1 aromatic rings. The summed E-state index contributed by atoms with van der Waals surface area (Å²) >= 11 is 0. The molecule has 0 aliphatic carbocycles. The Labute approximate surface area is 105 Å². The fraction of sp³-hybridized carbons (Fsp3) is 0.600. The Morgan fingerprint density at radius 3 is 2.53 bits per heavy atom. The molecule has 0 saturated carbocycles. The molecular weight excluding hydrogens is 210 g/mol. The van der Waals surface area contributed by atoms with Crippen LogP contribution in [0.15, 0.2) is 18.2 Å². The van der Waals surface area contributed by atoms with Crippen LogP contribution in [0.25, 0.3) is 0 Å². The maximum atomic E-state index is 5.73. The molecule has 0 bridgehead atoms. The third-order valence-electron chi connectivity index (χ3n) is 3.05. The van der Waals surface area contributed by atoms with E-state index in [0.29, 0.717) is 6.54 Å². The SMILES string of the molecule is CCCCCCCOc1ccc(CN)c(C)c1. The highest BCUT2D eigenvalue weighted by molar-refractivity contribution is 5.34. The first-order chi connectivity index (χ1) is 8.27. The highest BCUT2D eigenvalue weighted by Gasteiger charge is 1.99. The van der Waals surface area contributed by atoms with Crippen molar-refractivity contribution < 1.29 is 4.74 Å². The molecule has 0 aromatic heterocycles. The van der Waals surface area contributed by atoms with Crippen LogP contribution in [0.3, 0.4) is 0 Å². The summed E-state index contributed by atoms with van der Waals surface area (Å²) in [4.78, 5) is 0. The summed E-state index contributed by atoms with van der Waals surface area (Å²) in [5.41, 5.74) is 8.04. The molecule has 0 fully saturated rings. The zero-order valence-corrected chi connectivity index (χ0v) is 11.2. The number of hydrogen-bond acceptors (Lipinski definition) is 2. The molecule has 2 N–H and O–H groups in total. The molecule has 1 rings (SSSR count). The number of ether oxygens (including phenoxy) is 1. The Bertz CT molecular complexity index is 323. The molecule has 0 radical (unpaired) electrons. The van der Waals surface area contributed by atoms with Crippen LogP contribution in [0.2, 0.25) is 0 Å². The first kappa shape index (κ1) is 14.0. The first-order valence-electron chi connectivity index (χ1n) is 6.70. The molecule has 1 aromatic carbocycles. The summed E-state index contributed by atoms with van der Waals surface area (Å²) in [6, 6.07) is 6.15. The van der Waals surface area contributed by atoms with Crippen LogP contribution in [-0.4, -0.2) is 6.61 Å². The average molecular weight is 235 g/mol. The molecule has 0 spiro atoms. The zero-order valence-electron chi connectivity index (χ0n) is 11.2. The highest BCUT2D eigenvalue weighted by Crippen LogP contribution is 2.17. The van der Waals surface area contributed by atoms with Crippen molar-refractivity contribution in [3.63, 3.8) is 0 Å². The third kappa shape index (κ3) is 5.22. The van der Waals surface area contributed by atoms with E-state index in [9.17, 15) is 0 Å². The van der Waals surface area contributed by atoms with E-state index in [4.69, 9.17) is 10.5 Å². The summed E-state index contributed by atoms with van der Waals surface area (Å²) in [6.45, 7) is 5.74. The third-order valence-corrected chi connectivity index (χ3v) is 3.05. The molecule has 17 heavy (non-hydrogen) atoms. The molecule has 0 saturated heterocycles. The predicted molar refractivity (Wildman–Crippen MR) is 73.3 cm³/mol. The van der Waals surface area contributed by atoms with Gasteiger partial charge in [0.1, 0.15) is 5.75 Å². The van der Waals surface area contributed by atoms with E-state index >= 15 is 0 Å².